The standard InChI is InChI=1S/C17H17Cl2N/c18-15-8-9-16(19)14(10-15)11-20-17(13-6-7-13)12-4-2-1-3-5-12/h1-5,8-10,13,17,20H,6-7,11H2. The first-order chi connectivity index (χ1) is 9.74. The Morgan fingerprint density at radius 1 is 1.05 bits per heavy atom. The number of rotatable bonds is 5. The van der Waals surface area contributed by atoms with Gasteiger partial charge < -0.3 is 5.32 Å². The Balaban J connectivity index is 1.73. The molecule has 1 unspecified atom stereocenters. The molecule has 1 nitrogen and oxygen atoms in total. The van der Waals surface area contributed by atoms with Gasteiger partial charge in [0.25, 0.3) is 0 Å². The SMILES string of the molecule is Clc1ccc(Cl)c(CNC(c2ccccc2)C2CC2)c1. The van der Waals surface area contributed by atoms with E-state index in [-0.39, 0.29) is 0 Å². The molecular formula is C17H17Cl2N. The van der Waals surface area contributed by atoms with Crippen LogP contribution in [0.15, 0.2) is 48.5 Å². The molecule has 104 valence electrons. The Bertz CT molecular complexity index is 579. The fraction of sp³-hybridized carbons (Fsp3) is 0.294. The minimum Gasteiger partial charge on any atom is -0.306 e. The van der Waals surface area contributed by atoms with Gasteiger partial charge in [0.15, 0.2) is 0 Å². The Hall–Kier alpha value is -1.02. The zero-order valence-corrected chi connectivity index (χ0v) is 12.7. The molecule has 3 rings (SSSR count). The van der Waals surface area contributed by atoms with Gasteiger partial charge in [-0.25, -0.2) is 0 Å². The molecule has 0 spiro atoms. The Morgan fingerprint density at radius 3 is 2.50 bits per heavy atom. The Morgan fingerprint density at radius 2 is 1.80 bits per heavy atom. The molecule has 0 heterocycles. The summed E-state index contributed by atoms with van der Waals surface area (Å²) in [5, 5.41) is 5.14. The van der Waals surface area contributed by atoms with Crippen molar-refractivity contribution in [1.82, 2.24) is 5.32 Å². The second-order valence-corrected chi connectivity index (χ2v) is 6.19. The summed E-state index contributed by atoms with van der Waals surface area (Å²) in [5.41, 5.74) is 2.41. The molecule has 0 saturated heterocycles. The van der Waals surface area contributed by atoms with Crippen molar-refractivity contribution in [2.45, 2.75) is 25.4 Å². The van der Waals surface area contributed by atoms with Crippen LogP contribution >= 0.6 is 23.2 Å². The van der Waals surface area contributed by atoms with Gasteiger partial charge >= 0.3 is 0 Å². The summed E-state index contributed by atoms with van der Waals surface area (Å²) in [4.78, 5) is 0. The lowest BCUT2D eigenvalue weighted by molar-refractivity contribution is 0.480. The molecule has 1 saturated carbocycles. The highest BCUT2D eigenvalue weighted by Crippen LogP contribution is 2.41. The third kappa shape index (κ3) is 3.35. The summed E-state index contributed by atoms with van der Waals surface area (Å²) in [6.07, 6.45) is 2.60. The van der Waals surface area contributed by atoms with E-state index in [2.05, 4.69) is 35.6 Å². The van der Waals surface area contributed by atoms with E-state index in [9.17, 15) is 0 Å². The summed E-state index contributed by atoms with van der Waals surface area (Å²) in [5.74, 6) is 0.746. The van der Waals surface area contributed by atoms with Crippen molar-refractivity contribution < 1.29 is 0 Å². The molecule has 2 aromatic rings. The van der Waals surface area contributed by atoms with Crippen LogP contribution in [0.5, 0.6) is 0 Å². The van der Waals surface area contributed by atoms with E-state index in [1.54, 1.807) is 0 Å². The van der Waals surface area contributed by atoms with Crippen LogP contribution < -0.4 is 5.32 Å². The number of halogens is 2. The van der Waals surface area contributed by atoms with Crippen LogP contribution in [0.2, 0.25) is 10.0 Å². The minimum absolute atomic E-state index is 0.409. The molecule has 3 heteroatoms. The molecule has 2 aromatic carbocycles. The van der Waals surface area contributed by atoms with Crippen LogP contribution in [-0.4, -0.2) is 0 Å². The van der Waals surface area contributed by atoms with Crippen LogP contribution in [-0.2, 0) is 6.54 Å². The fourth-order valence-corrected chi connectivity index (χ4v) is 2.92. The largest absolute Gasteiger partial charge is 0.306 e. The third-order valence-corrected chi connectivity index (χ3v) is 4.38. The van der Waals surface area contributed by atoms with Gasteiger partial charge in [-0.2, -0.15) is 0 Å². The van der Waals surface area contributed by atoms with Gasteiger partial charge in [-0.1, -0.05) is 53.5 Å². The predicted molar refractivity (Wildman–Crippen MR) is 85.2 cm³/mol. The maximum absolute atomic E-state index is 6.22. The average Bonchev–Trinajstić information content (AvgIpc) is 3.29. The van der Waals surface area contributed by atoms with Crippen molar-refractivity contribution in [2.75, 3.05) is 0 Å². The van der Waals surface area contributed by atoms with E-state index >= 15 is 0 Å². The highest BCUT2D eigenvalue weighted by Gasteiger charge is 2.31. The van der Waals surface area contributed by atoms with Crippen LogP contribution in [0.1, 0.15) is 30.0 Å². The van der Waals surface area contributed by atoms with Crippen molar-refractivity contribution >= 4 is 23.2 Å². The summed E-state index contributed by atoms with van der Waals surface area (Å²) in [7, 11) is 0. The second kappa shape index (κ2) is 6.17. The average molecular weight is 306 g/mol. The van der Waals surface area contributed by atoms with Crippen molar-refractivity contribution in [1.29, 1.82) is 0 Å². The number of nitrogens with one attached hydrogen (secondary N) is 1. The van der Waals surface area contributed by atoms with Gasteiger partial charge in [-0.3, -0.25) is 0 Å². The van der Waals surface area contributed by atoms with Gasteiger partial charge in [0.05, 0.1) is 0 Å². The number of hydrogen-bond donors (Lipinski definition) is 1. The van der Waals surface area contributed by atoms with Crippen LogP contribution in [0.4, 0.5) is 0 Å². The summed E-state index contributed by atoms with van der Waals surface area (Å²) >= 11 is 12.3. The lowest BCUT2D eigenvalue weighted by Gasteiger charge is -2.19. The molecule has 1 atom stereocenters. The zero-order chi connectivity index (χ0) is 13.9. The van der Waals surface area contributed by atoms with E-state index in [4.69, 9.17) is 23.2 Å². The van der Waals surface area contributed by atoms with Gasteiger partial charge in [-0.05, 0) is 48.1 Å². The summed E-state index contributed by atoms with van der Waals surface area (Å²) < 4.78 is 0. The molecular weight excluding hydrogens is 289 g/mol. The minimum atomic E-state index is 0.409. The third-order valence-electron chi connectivity index (χ3n) is 3.77. The molecule has 1 aliphatic carbocycles. The highest BCUT2D eigenvalue weighted by molar-refractivity contribution is 6.33. The van der Waals surface area contributed by atoms with E-state index in [0.29, 0.717) is 6.04 Å². The first-order valence-electron chi connectivity index (χ1n) is 6.96. The van der Waals surface area contributed by atoms with Crippen molar-refractivity contribution in [2.24, 2.45) is 5.92 Å². The molecule has 0 aromatic heterocycles. The van der Waals surface area contributed by atoms with Gasteiger partial charge in [0.1, 0.15) is 0 Å². The van der Waals surface area contributed by atoms with E-state index < -0.39 is 0 Å². The van der Waals surface area contributed by atoms with Crippen LogP contribution in [0.25, 0.3) is 0 Å². The molecule has 0 amide bonds. The smallest absolute Gasteiger partial charge is 0.0451 e. The lowest BCUT2D eigenvalue weighted by atomic mass is 10.0. The fourth-order valence-electron chi connectivity index (χ4n) is 2.55. The first-order valence-corrected chi connectivity index (χ1v) is 7.72. The van der Waals surface area contributed by atoms with Crippen molar-refractivity contribution in [3.8, 4) is 0 Å². The van der Waals surface area contributed by atoms with E-state index in [0.717, 1.165) is 28.1 Å². The Labute approximate surface area is 129 Å². The summed E-state index contributed by atoms with van der Waals surface area (Å²) in [6, 6.07) is 16.7. The van der Waals surface area contributed by atoms with Crippen LogP contribution in [0, 0.1) is 5.92 Å². The number of benzene rings is 2. The summed E-state index contributed by atoms with van der Waals surface area (Å²) in [6.45, 7) is 0.745. The molecule has 1 N–H and O–H groups in total. The van der Waals surface area contributed by atoms with E-state index in [1.165, 1.54) is 18.4 Å². The van der Waals surface area contributed by atoms with Crippen molar-refractivity contribution in [3.05, 3.63) is 69.7 Å². The molecule has 1 fully saturated rings. The number of hydrogen-bond acceptors (Lipinski definition) is 1. The predicted octanol–water partition coefficient (Wildman–Crippen LogP) is 5.23. The topological polar surface area (TPSA) is 12.0 Å². The van der Waals surface area contributed by atoms with Crippen LogP contribution in [0.3, 0.4) is 0 Å². The van der Waals surface area contributed by atoms with Gasteiger partial charge in [0, 0.05) is 22.6 Å². The van der Waals surface area contributed by atoms with Gasteiger partial charge in [0.2, 0.25) is 0 Å². The maximum atomic E-state index is 6.22. The van der Waals surface area contributed by atoms with Gasteiger partial charge in [-0.15, -0.1) is 0 Å². The zero-order valence-electron chi connectivity index (χ0n) is 11.2. The first kappa shape index (κ1) is 13.9. The lowest BCUT2D eigenvalue weighted by Crippen LogP contribution is -2.22. The molecule has 1 aliphatic rings. The molecule has 0 aliphatic heterocycles. The Kier molecular flexibility index (Phi) is 4.30. The molecule has 0 bridgehead atoms. The normalized spacial score (nSPS) is 16.1. The highest BCUT2D eigenvalue weighted by atomic mass is 35.5. The van der Waals surface area contributed by atoms with E-state index in [1.807, 2.05) is 18.2 Å². The monoisotopic (exact) mass is 305 g/mol. The quantitative estimate of drug-likeness (QED) is 0.797. The maximum Gasteiger partial charge on any atom is 0.0451 e. The van der Waals surface area contributed by atoms with Crippen molar-refractivity contribution in [3.63, 3.8) is 0 Å². The second-order valence-electron chi connectivity index (χ2n) is 5.34. The molecule has 0 radical (unpaired) electrons. The molecule has 20 heavy (non-hydrogen) atoms.